The van der Waals surface area contributed by atoms with Gasteiger partial charge in [0.05, 0.1) is 11.3 Å². The number of amides is 1. The molecule has 2 unspecified atom stereocenters. The van der Waals surface area contributed by atoms with Crippen molar-refractivity contribution in [1.82, 2.24) is 10.1 Å². The van der Waals surface area contributed by atoms with Gasteiger partial charge in [0.1, 0.15) is 11.3 Å². The fourth-order valence-electron chi connectivity index (χ4n) is 5.20. The SMILES string of the molecule is CCc1noc(CC)c1C(=O)N1C2CCC1CC(O)(c1ccc3c(c1)OCO3)C2. The van der Waals surface area contributed by atoms with Gasteiger partial charge >= 0.3 is 0 Å². The molecule has 0 saturated carbocycles. The Labute approximate surface area is 169 Å². The van der Waals surface area contributed by atoms with Crippen LogP contribution in [0.3, 0.4) is 0 Å². The van der Waals surface area contributed by atoms with Gasteiger partial charge in [-0.3, -0.25) is 4.79 Å². The summed E-state index contributed by atoms with van der Waals surface area (Å²) >= 11 is 0. The number of carbonyl (C=O) groups is 1. The molecule has 1 aromatic heterocycles. The van der Waals surface area contributed by atoms with Crippen molar-refractivity contribution in [3.8, 4) is 11.5 Å². The quantitative estimate of drug-likeness (QED) is 0.851. The van der Waals surface area contributed by atoms with Crippen molar-refractivity contribution in [2.45, 2.75) is 70.1 Å². The van der Waals surface area contributed by atoms with E-state index in [4.69, 9.17) is 14.0 Å². The van der Waals surface area contributed by atoms with Crippen LogP contribution in [0.5, 0.6) is 11.5 Å². The Hall–Kier alpha value is -2.54. The minimum absolute atomic E-state index is 0.000173. The highest BCUT2D eigenvalue weighted by atomic mass is 16.7. The van der Waals surface area contributed by atoms with Gasteiger partial charge in [-0.1, -0.05) is 25.1 Å². The second-order valence-corrected chi connectivity index (χ2v) is 8.24. The van der Waals surface area contributed by atoms with Gasteiger partial charge in [0.15, 0.2) is 11.5 Å². The third-order valence-electron chi connectivity index (χ3n) is 6.61. The summed E-state index contributed by atoms with van der Waals surface area (Å²) in [5.41, 5.74) is 1.21. The maximum Gasteiger partial charge on any atom is 0.259 e. The van der Waals surface area contributed by atoms with Gasteiger partial charge in [-0.05, 0) is 37.0 Å². The van der Waals surface area contributed by atoms with Crippen LogP contribution in [-0.2, 0) is 18.4 Å². The lowest BCUT2D eigenvalue weighted by molar-refractivity contribution is -0.0480. The molecule has 1 N–H and O–H groups in total. The van der Waals surface area contributed by atoms with E-state index in [1.54, 1.807) is 0 Å². The number of aliphatic hydroxyl groups is 1. The zero-order valence-corrected chi connectivity index (χ0v) is 16.8. The fourth-order valence-corrected chi connectivity index (χ4v) is 5.20. The van der Waals surface area contributed by atoms with Crippen molar-refractivity contribution in [1.29, 1.82) is 0 Å². The predicted molar refractivity (Wildman–Crippen MR) is 104 cm³/mol. The number of aryl methyl sites for hydroxylation is 2. The summed E-state index contributed by atoms with van der Waals surface area (Å²) in [7, 11) is 0. The molecule has 0 aliphatic carbocycles. The molecule has 0 spiro atoms. The highest BCUT2D eigenvalue weighted by molar-refractivity contribution is 5.97. The monoisotopic (exact) mass is 398 g/mol. The second kappa shape index (κ2) is 6.76. The van der Waals surface area contributed by atoms with Crippen LogP contribution in [0.15, 0.2) is 22.7 Å². The molecule has 29 heavy (non-hydrogen) atoms. The van der Waals surface area contributed by atoms with Gasteiger partial charge in [-0.25, -0.2) is 0 Å². The summed E-state index contributed by atoms with van der Waals surface area (Å²) in [6.45, 7) is 4.17. The topological polar surface area (TPSA) is 85.0 Å². The largest absolute Gasteiger partial charge is 0.454 e. The summed E-state index contributed by atoms with van der Waals surface area (Å²) < 4.78 is 16.3. The van der Waals surface area contributed by atoms with Crippen molar-refractivity contribution in [2.24, 2.45) is 0 Å². The molecule has 5 rings (SSSR count). The number of nitrogens with zero attached hydrogens (tertiary/aromatic N) is 2. The lowest BCUT2D eigenvalue weighted by Crippen LogP contribution is -2.52. The van der Waals surface area contributed by atoms with Crippen LogP contribution in [0.1, 0.15) is 66.9 Å². The Kier molecular flexibility index (Phi) is 4.31. The van der Waals surface area contributed by atoms with Crippen LogP contribution in [0, 0.1) is 0 Å². The number of benzene rings is 1. The number of hydrogen-bond acceptors (Lipinski definition) is 6. The van der Waals surface area contributed by atoms with Crippen LogP contribution >= 0.6 is 0 Å². The minimum Gasteiger partial charge on any atom is -0.454 e. The lowest BCUT2D eigenvalue weighted by Gasteiger charge is -2.44. The van der Waals surface area contributed by atoms with E-state index in [0.717, 1.165) is 24.1 Å². The van der Waals surface area contributed by atoms with Crippen molar-refractivity contribution in [3.63, 3.8) is 0 Å². The molecule has 154 valence electrons. The smallest absolute Gasteiger partial charge is 0.259 e. The average molecular weight is 398 g/mol. The summed E-state index contributed by atoms with van der Waals surface area (Å²) in [4.78, 5) is 15.5. The van der Waals surface area contributed by atoms with Gasteiger partial charge < -0.3 is 24.0 Å². The molecule has 3 aliphatic rings. The molecule has 4 heterocycles. The van der Waals surface area contributed by atoms with Crippen molar-refractivity contribution < 1.29 is 23.9 Å². The summed E-state index contributed by atoms with van der Waals surface area (Å²) in [6, 6.07) is 5.65. The molecule has 2 fully saturated rings. The van der Waals surface area contributed by atoms with E-state index in [0.29, 0.717) is 48.5 Å². The molecule has 3 aliphatic heterocycles. The zero-order chi connectivity index (χ0) is 20.2. The van der Waals surface area contributed by atoms with E-state index in [-0.39, 0.29) is 24.8 Å². The number of aromatic nitrogens is 1. The number of carbonyl (C=O) groups excluding carboxylic acids is 1. The molecule has 2 bridgehead atoms. The molecular weight excluding hydrogens is 372 g/mol. The standard InChI is InChI=1S/C22H26N2O5/c1-3-16-20(17(4-2)29-23-16)21(25)24-14-6-7-15(24)11-22(26,10-14)13-5-8-18-19(9-13)28-12-27-18/h5,8-9,14-15,26H,3-4,6-7,10-12H2,1-2H3. The summed E-state index contributed by atoms with van der Waals surface area (Å²) in [5.74, 6) is 2.04. The molecule has 1 aromatic carbocycles. The molecule has 2 atom stereocenters. The Morgan fingerprint density at radius 1 is 1.17 bits per heavy atom. The van der Waals surface area contributed by atoms with Crippen molar-refractivity contribution in [2.75, 3.05) is 6.79 Å². The van der Waals surface area contributed by atoms with E-state index >= 15 is 0 Å². The normalized spacial score (nSPS) is 27.5. The molecule has 7 nitrogen and oxygen atoms in total. The van der Waals surface area contributed by atoms with Gasteiger partial charge in [0.2, 0.25) is 6.79 Å². The van der Waals surface area contributed by atoms with E-state index in [2.05, 4.69) is 5.16 Å². The van der Waals surface area contributed by atoms with E-state index in [9.17, 15) is 9.90 Å². The molecule has 7 heteroatoms. The first-order valence-corrected chi connectivity index (χ1v) is 10.5. The van der Waals surface area contributed by atoms with Crippen LogP contribution in [0.2, 0.25) is 0 Å². The third kappa shape index (κ3) is 2.82. The maximum absolute atomic E-state index is 13.5. The summed E-state index contributed by atoms with van der Waals surface area (Å²) in [5, 5.41) is 15.6. The van der Waals surface area contributed by atoms with E-state index in [1.807, 2.05) is 36.9 Å². The first-order valence-electron chi connectivity index (χ1n) is 10.5. The number of ether oxygens (including phenoxy) is 2. The summed E-state index contributed by atoms with van der Waals surface area (Å²) in [6.07, 6.45) is 4.13. The molecule has 0 radical (unpaired) electrons. The highest BCUT2D eigenvalue weighted by Crippen LogP contribution is 2.48. The van der Waals surface area contributed by atoms with Crippen LogP contribution < -0.4 is 9.47 Å². The molecule has 2 aromatic rings. The third-order valence-corrected chi connectivity index (χ3v) is 6.61. The Morgan fingerprint density at radius 3 is 2.59 bits per heavy atom. The maximum atomic E-state index is 13.5. The Bertz CT molecular complexity index is 917. The number of rotatable bonds is 4. The molecule has 2 saturated heterocycles. The number of piperidine rings is 1. The van der Waals surface area contributed by atoms with Gasteiger partial charge in [-0.2, -0.15) is 0 Å². The predicted octanol–water partition coefficient (Wildman–Crippen LogP) is 3.18. The Balaban J connectivity index is 1.43. The first-order chi connectivity index (χ1) is 14.0. The zero-order valence-electron chi connectivity index (χ0n) is 16.8. The Morgan fingerprint density at radius 2 is 1.90 bits per heavy atom. The van der Waals surface area contributed by atoms with Crippen LogP contribution in [-0.4, -0.2) is 39.9 Å². The highest BCUT2D eigenvalue weighted by Gasteiger charge is 2.51. The number of hydrogen-bond donors (Lipinski definition) is 1. The first kappa shape index (κ1) is 18.5. The number of fused-ring (bicyclic) bond motifs is 3. The van der Waals surface area contributed by atoms with Crippen LogP contribution in [0.25, 0.3) is 0 Å². The molecular formula is C22H26N2O5. The molecule has 1 amide bonds. The van der Waals surface area contributed by atoms with Crippen molar-refractivity contribution >= 4 is 5.91 Å². The van der Waals surface area contributed by atoms with Crippen molar-refractivity contribution in [3.05, 3.63) is 40.8 Å². The average Bonchev–Trinajstić information content (AvgIpc) is 3.42. The van der Waals surface area contributed by atoms with E-state index < -0.39 is 5.60 Å². The fraction of sp³-hybridized carbons (Fsp3) is 0.545. The van der Waals surface area contributed by atoms with Gasteiger partial charge in [-0.15, -0.1) is 0 Å². The second-order valence-electron chi connectivity index (χ2n) is 8.24. The van der Waals surface area contributed by atoms with Crippen LogP contribution in [0.4, 0.5) is 0 Å². The van der Waals surface area contributed by atoms with Gasteiger partial charge in [0.25, 0.3) is 5.91 Å². The minimum atomic E-state index is -0.973. The van der Waals surface area contributed by atoms with Gasteiger partial charge in [0, 0.05) is 31.3 Å². The van der Waals surface area contributed by atoms with E-state index in [1.165, 1.54) is 0 Å². The lowest BCUT2D eigenvalue weighted by atomic mass is 9.80.